The molecule has 0 unspecified atom stereocenters. The number of amides is 4. The molecule has 7 rings (SSSR count). The molecule has 4 amide bonds. The number of nitrogens with zero attached hydrogens (tertiary/aromatic N) is 8. The molecule has 0 saturated heterocycles. The van der Waals surface area contributed by atoms with E-state index in [2.05, 4.69) is 20.8 Å². The number of nitrogens with one attached hydrogen (secondary N) is 2. The molecule has 0 aliphatic rings. The summed E-state index contributed by atoms with van der Waals surface area (Å²) in [6.07, 6.45) is -1.52. The van der Waals surface area contributed by atoms with Gasteiger partial charge in [0.15, 0.2) is 0 Å². The fourth-order valence-electron chi connectivity index (χ4n) is 7.81. The van der Waals surface area contributed by atoms with Gasteiger partial charge in [0.25, 0.3) is 11.8 Å². The van der Waals surface area contributed by atoms with Crippen LogP contribution in [-0.4, -0.2) is 94.8 Å². The number of imidazole rings is 2. The van der Waals surface area contributed by atoms with Crippen LogP contribution in [0.2, 0.25) is 0 Å². The molecule has 0 bridgehead atoms. The highest BCUT2D eigenvalue weighted by atomic mass is 16.5. The van der Waals surface area contributed by atoms with Gasteiger partial charge >= 0.3 is 0 Å². The van der Waals surface area contributed by atoms with E-state index in [0.29, 0.717) is 63.7 Å². The summed E-state index contributed by atoms with van der Waals surface area (Å²) in [6, 6.07) is 18.7. The number of primary amides is 2. The lowest BCUT2D eigenvalue weighted by Gasteiger charge is -2.29. The smallest absolute Gasteiger partial charge is 0.276 e. The predicted molar refractivity (Wildman–Crippen MR) is 246 cm³/mol. The van der Waals surface area contributed by atoms with Crippen molar-refractivity contribution >= 4 is 57.6 Å². The van der Waals surface area contributed by atoms with Gasteiger partial charge in [-0.2, -0.15) is 10.2 Å². The number of hydrogen-bond donors (Lipinski definition) is 4. The van der Waals surface area contributed by atoms with Crippen molar-refractivity contribution in [3.63, 3.8) is 0 Å². The van der Waals surface area contributed by atoms with Crippen molar-refractivity contribution in [3.05, 3.63) is 106 Å². The summed E-state index contributed by atoms with van der Waals surface area (Å²) in [5.74, 6) is -1.02. The van der Waals surface area contributed by atoms with Crippen LogP contribution in [0.1, 0.15) is 86.3 Å². The number of anilines is 2. The Bertz CT molecular complexity index is 2910. The van der Waals surface area contributed by atoms with E-state index in [1.807, 2.05) is 52.0 Å². The first kappa shape index (κ1) is 46.4. The Morgan fingerprint density at radius 1 is 0.667 bits per heavy atom. The number of nitrogens with two attached hydrogens (primary N) is 2. The van der Waals surface area contributed by atoms with Gasteiger partial charge in [-0.15, -0.1) is 0 Å². The highest BCUT2D eigenvalue weighted by Gasteiger charge is 2.31. The monoisotopic (exact) mass is 902 g/mol. The molecule has 0 saturated carbocycles. The lowest BCUT2D eigenvalue weighted by Crippen LogP contribution is -2.39. The molecule has 346 valence electrons. The Morgan fingerprint density at radius 2 is 1.20 bits per heavy atom. The minimum Gasteiger partial charge on any atom is -0.497 e. The zero-order chi connectivity index (χ0) is 47.2. The van der Waals surface area contributed by atoms with Gasteiger partial charge in [-0.1, -0.05) is 12.1 Å². The van der Waals surface area contributed by atoms with Crippen LogP contribution in [0.4, 0.5) is 11.9 Å². The Morgan fingerprint density at radius 3 is 1.73 bits per heavy atom. The third-order valence-electron chi connectivity index (χ3n) is 10.9. The van der Waals surface area contributed by atoms with Crippen molar-refractivity contribution in [2.24, 2.45) is 11.5 Å². The van der Waals surface area contributed by atoms with Crippen LogP contribution >= 0.6 is 0 Å². The highest BCUT2D eigenvalue weighted by Crippen LogP contribution is 2.34. The van der Waals surface area contributed by atoms with Crippen LogP contribution in [0, 0.1) is 13.8 Å². The summed E-state index contributed by atoms with van der Waals surface area (Å²) >= 11 is 0. The summed E-state index contributed by atoms with van der Waals surface area (Å²) in [5.41, 5.74) is 16.4. The molecule has 20 heteroatoms. The van der Waals surface area contributed by atoms with E-state index in [-0.39, 0.29) is 61.7 Å². The first-order valence-electron chi connectivity index (χ1n) is 21.6. The van der Waals surface area contributed by atoms with Crippen molar-refractivity contribution in [3.8, 4) is 11.5 Å². The summed E-state index contributed by atoms with van der Waals surface area (Å²) in [7, 11) is 1.58. The fourth-order valence-corrected chi connectivity index (χ4v) is 7.81. The van der Waals surface area contributed by atoms with E-state index < -0.39 is 35.8 Å². The summed E-state index contributed by atoms with van der Waals surface area (Å²) in [6.45, 7) is 12.7. The van der Waals surface area contributed by atoms with E-state index in [4.69, 9.17) is 40.4 Å². The molecule has 6 N–H and O–H groups in total. The van der Waals surface area contributed by atoms with Crippen molar-refractivity contribution in [2.75, 3.05) is 31.0 Å². The Hall–Kier alpha value is -7.58. The van der Waals surface area contributed by atoms with Gasteiger partial charge < -0.3 is 39.5 Å². The number of rotatable bonds is 21. The third kappa shape index (κ3) is 9.88. The number of fused-ring (bicyclic) bond motifs is 2. The number of carbonyl (C=O) groups is 4. The molecule has 66 heavy (non-hydrogen) atoms. The quantitative estimate of drug-likeness (QED) is 0.0723. The Balaban J connectivity index is 1.34. The van der Waals surface area contributed by atoms with E-state index in [0.717, 1.165) is 5.56 Å². The van der Waals surface area contributed by atoms with Crippen LogP contribution < -0.4 is 31.6 Å². The Kier molecular flexibility index (Phi) is 14.1. The van der Waals surface area contributed by atoms with Crippen molar-refractivity contribution in [1.29, 1.82) is 0 Å². The standard InChI is InChI=1S/C46H54N12O8/c1-8-57-35(18-26(5)53-57)43(61)51-45-49-32-20-29(41(47)59)14-17-34(32)55(45)23-38(64-10-3)39(65-11-4)24-56-40-33(50-46(56)52-44(62)36-19-27(6)54-58(36)9-2)21-30(42(48)60)22-37(40)66-25-28-12-15-31(63-7)16-13-28/h12-22,38-39H,8-11,23-25H2,1-7H3,(H2,47,59)(H2,48,60)(H,49,51,61)(H,50,52,62)/t38-,39-/m0/s1. The molecule has 3 aromatic carbocycles. The second-order valence-corrected chi connectivity index (χ2v) is 15.4. The maximum atomic E-state index is 14.1. The second kappa shape index (κ2) is 20.1. The molecule has 7 aromatic rings. The van der Waals surface area contributed by atoms with Gasteiger partial charge in [0.1, 0.15) is 47.2 Å². The molecule has 0 spiro atoms. The van der Waals surface area contributed by atoms with E-state index in [1.165, 1.54) is 0 Å². The number of aryl methyl sites for hydroxylation is 4. The molecule has 20 nitrogen and oxygen atoms in total. The number of hydrogen-bond acceptors (Lipinski definition) is 12. The average Bonchev–Trinajstić information content (AvgIpc) is 4.07. The van der Waals surface area contributed by atoms with E-state index in [1.54, 1.807) is 81.9 Å². The van der Waals surface area contributed by atoms with Crippen molar-refractivity contribution in [1.82, 2.24) is 38.7 Å². The molecule has 4 aromatic heterocycles. The molecule has 0 fully saturated rings. The minimum absolute atomic E-state index is 0.0284. The molecular formula is C46H54N12O8. The third-order valence-corrected chi connectivity index (χ3v) is 10.9. The number of aromatic nitrogens is 8. The van der Waals surface area contributed by atoms with E-state index >= 15 is 0 Å². The van der Waals surface area contributed by atoms with Crippen molar-refractivity contribution < 1.29 is 38.1 Å². The van der Waals surface area contributed by atoms with Gasteiger partial charge in [0.05, 0.1) is 48.1 Å². The molecule has 0 aliphatic carbocycles. The van der Waals surface area contributed by atoms with Gasteiger partial charge in [0, 0.05) is 37.4 Å². The predicted octanol–water partition coefficient (Wildman–Crippen LogP) is 5.24. The van der Waals surface area contributed by atoms with E-state index in [9.17, 15) is 19.2 Å². The number of methoxy groups -OCH3 is 1. The number of carbonyl (C=O) groups excluding carboxylic acids is 4. The minimum atomic E-state index is -0.772. The maximum absolute atomic E-state index is 14.1. The number of ether oxygens (including phenoxy) is 4. The van der Waals surface area contributed by atoms with Gasteiger partial charge in [-0.25, -0.2) is 9.97 Å². The number of benzene rings is 3. The van der Waals surface area contributed by atoms with Crippen molar-refractivity contribution in [2.45, 2.75) is 86.5 Å². The SMILES string of the molecule is CCO[C@@H](Cn1c(NC(=O)c2cc(C)nn2CC)nc2cc(C(N)=O)ccc21)[C@H](Cn1c(NC(=O)c2cc(C)nn2CC)nc2cc(C(N)=O)cc(OCc3ccc(OC)cc3)c21)OCC. The summed E-state index contributed by atoms with van der Waals surface area (Å²) in [5, 5.41) is 14.8. The Labute approximate surface area is 380 Å². The summed E-state index contributed by atoms with van der Waals surface area (Å²) < 4.78 is 31.6. The van der Waals surface area contributed by atoms with Gasteiger partial charge in [0.2, 0.25) is 23.7 Å². The van der Waals surface area contributed by atoms with Crippen LogP contribution in [0.5, 0.6) is 11.5 Å². The normalized spacial score (nSPS) is 12.3. The maximum Gasteiger partial charge on any atom is 0.276 e. The van der Waals surface area contributed by atoms with Crippen LogP contribution in [0.3, 0.4) is 0 Å². The second-order valence-electron chi connectivity index (χ2n) is 15.4. The topological polar surface area (TPSA) is 253 Å². The average molecular weight is 903 g/mol. The largest absolute Gasteiger partial charge is 0.497 e. The van der Waals surface area contributed by atoms with Gasteiger partial charge in [-0.05, 0) is 102 Å². The zero-order valence-electron chi connectivity index (χ0n) is 38.0. The molecule has 0 aliphatic heterocycles. The van der Waals surface area contributed by atoms with Crippen LogP contribution in [0.15, 0.2) is 66.7 Å². The first-order valence-corrected chi connectivity index (χ1v) is 21.6. The summed E-state index contributed by atoms with van der Waals surface area (Å²) in [4.78, 5) is 62.6. The highest BCUT2D eigenvalue weighted by molar-refractivity contribution is 6.05. The first-order chi connectivity index (χ1) is 31.7. The lowest BCUT2D eigenvalue weighted by atomic mass is 10.1. The lowest BCUT2D eigenvalue weighted by molar-refractivity contribution is -0.0789. The fraction of sp³-hybridized carbons (Fsp3) is 0.348. The molecule has 2 atom stereocenters. The van der Waals surface area contributed by atoms with Crippen LogP contribution in [-0.2, 0) is 42.3 Å². The molecular weight excluding hydrogens is 849 g/mol. The van der Waals surface area contributed by atoms with Gasteiger partial charge in [-0.3, -0.25) is 39.2 Å². The van der Waals surface area contributed by atoms with Crippen LogP contribution in [0.25, 0.3) is 22.1 Å². The zero-order valence-corrected chi connectivity index (χ0v) is 38.0. The molecule has 4 heterocycles. The molecule has 0 radical (unpaired) electrons.